The third-order valence-electron chi connectivity index (χ3n) is 1.78. The van der Waals surface area contributed by atoms with E-state index in [2.05, 4.69) is 0 Å². The van der Waals surface area contributed by atoms with Crippen molar-refractivity contribution in [1.29, 1.82) is 0 Å². The van der Waals surface area contributed by atoms with Crippen LogP contribution in [0, 0.1) is 0 Å². The van der Waals surface area contributed by atoms with Crippen molar-refractivity contribution in [1.82, 2.24) is 0 Å². The van der Waals surface area contributed by atoms with Crippen LogP contribution in [0.4, 0.5) is 0 Å². The van der Waals surface area contributed by atoms with Gasteiger partial charge in [-0.05, 0) is 25.8 Å². The number of ether oxygens (including phenoxy) is 1. The van der Waals surface area contributed by atoms with Crippen molar-refractivity contribution in [2.24, 2.45) is 0 Å². The molecule has 0 amide bonds. The van der Waals surface area contributed by atoms with E-state index in [0.717, 1.165) is 6.42 Å². The maximum atomic E-state index is 8.96. The summed E-state index contributed by atoms with van der Waals surface area (Å²) < 4.78 is 5.23. The summed E-state index contributed by atoms with van der Waals surface area (Å²) in [5.74, 6) is 0.610. The van der Waals surface area contributed by atoms with Gasteiger partial charge in [-0.15, -0.1) is 0 Å². The standard InChI is InChI=1S/C8H13BO3/c1-2-12-8-6-4-3-5-7(8)9(10)11/h4,6,10-11H,2-3,5H2,1H3. The predicted octanol–water partition coefficient (Wildman–Crippen LogP) is 0.639. The van der Waals surface area contributed by atoms with E-state index in [1.807, 2.05) is 13.0 Å². The third kappa shape index (κ3) is 2.12. The van der Waals surface area contributed by atoms with Gasteiger partial charge in [-0.25, -0.2) is 0 Å². The lowest BCUT2D eigenvalue weighted by Crippen LogP contribution is -2.19. The molecule has 0 fully saturated rings. The van der Waals surface area contributed by atoms with Crippen molar-refractivity contribution >= 4 is 7.12 Å². The van der Waals surface area contributed by atoms with Crippen LogP contribution >= 0.6 is 0 Å². The lowest BCUT2D eigenvalue weighted by molar-refractivity contribution is 0.236. The van der Waals surface area contributed by atoms with Gasteiger partial charge in [-0.2, -0.15) is 0 Å². The van der Waals surface area contributed by atoms with E-state index in [9.17, 15) is 0 Å². The van der Waals surface area contributed by atoms with E-state index < -0.39 is 7.12 Å². The molecule has 1 rings (SSSR count). The van der Waals surface area contributed by atoms with Gasteiger partial charge in [0, 0.05) is 5.47 Å². The van der Waals surface area contributed by atoms with E-state index >= 15 is 0 Å². The number of hydrogen-bond donors (Lipinski definition) is 2. The van der Waals surface area contributed by atoms with E-state index in [-0.39, 0.29) is 0 Å². The minimum Gasteiger partial charge on any atom is -0.495 e. The second-order valence-electron chi connectivity index (χ2n) is 2.64. The van der Waals surface area contributed by atoms with Crippen molar-refractivity contribution in [2.45, 2.75) is 19.8 Å². The topological polar surface area (TPSA) is 49.7 Å². The van der Waals surface area contributed by atoms with Gasteiger partial charge in [0.25, 0.3) is 0 Å². The average molecular weight is 168 g/mol. The Morgan fingerprint density at radius 2 is 2.33 bits per heavy atom. The van der Waals surface area contributed by atoms with Gasteiger partial charge in [0.1, 0.15) is 5.76 Å². The lowest BCUT2D eigenvalue weighted by Gasteiger charge is -2.15. The van der Waals surface area contributed by atoms with Crippen molar-refractivity contribution in [3.63, 3.8) is 0 Å². The molecule has 0 atom stereocenters. The highest BCUT2D eigenvalue weighted by Crippen LogP contribution is 2.20. The highest BCUT2D eigenvalue weighted by molar-refractivity contribution is 6.51. The molecule has 0 unspecified atom stereocenters. The molecule has 0 saturated heterocycles. The van der Waals surface area contributed by atoms with E-state index in [4.69, 9.17) is 14.8 Å². The zero-order valence-corrected chi connectivity index (χ0v) is 7.16. The third-order valence-corrected chi connectivity index (χ3v) is 1.78. The Morgan fingerprint density at radius 3 is 2.92 bits per heavy atom. The Hall–Kier alpha value is -0.735. The van der Waals surface area contributed by atoms with Crippen LogP contribution in [0.2, 0.25) is 0 Å². The van der Waals surface area contributed by atoms with Gasteiger partial charge in [-0.1, -0.05) is 6.08 Å². The Morgan fingerprint density at radius 1 is 1.58 bits per heavy atom. The van der Waals surface area contributed by atoms with Crippen molar-refractivity contribution in [3.05, 3.63) is 23.4 Å². The lowest BCUT2D eigenvalue weighted by atomic mass is 9.74. The SMILES string of the molecule is CCOC1=C(B(O)O)CCC=C1. The first kappa shape index (κ1) is 9.35. The van der Waals surface area contributed by atoms with Gasteiger partial charge < -0.3 is 14.8 Å². The first-order chi connectivity index (χ1) is 5.75. The fourth-order valence-electron chi connectivity index (χ4n) is 1.21. The molecule has 66 valence electrons. The maximum absolute atomic E-state index is 8.96. The predicted molar refractivity (Wildman–Crippen MR) is 47.2 cm³/mol. The first-order valence-corrected chi connectivity index (χ1v) is 4.14. The van der Waals surface area contributed by atoms with Gasteiger partial charge >= 0.3 is 7.12 Å². The summed E-state index contributed by atoms with van der Waals surface area (Å²) in [5, 5.41) is 17.9. The second kappa shape index (κ2) is 4.33. The van der Waals surface area contributed by atoms with E-state index in [0.29, 0.717) is 24.3 Å². The first-order valence-electron chi connectivity index (χ1n) is 4.14. The van der Waals surface area contributed by atoms with Crippen LogP contribution in [0.1, 0.15) is 19.8 Å². The molecule has 3 nitrogen and oxygen atoms in total. The summed E-state index contributed by atoms with van der Waals surface area (Å²) in [4.78, 5) is 0. The minimum absolute atomic E-state index is 0.551. The zero-order valence-electron chi connectivity index (χ0n) is 7.16. The normalized spacial score (nSPS) is 16.6. The summed E-state index contributed by atoms with van der Waals surface area (Å²) in [7, 11) is -1.38. The molecule has 0 aromatic rings. The smallest absolute Gasteiger partial charge is 0.487 e. The molecule has 4 heteroatoms. The molecule has 0 heterocycles. The molecule has 0 saturated carbocycles. The van der Waals surface area contributed by atoms with Crippen LogP contribution < -0.4 is 0 Å². The summed E-state index contributed by atoms with van der Waals surface area (Å²) >= 11 is 0. The van der Waals surface area contributed by atoms with Crippen molar-refractivity contribution in [2.75, 3.05) is 6.61 Å². The van der Waals surface area contributed by atoms with Crippen LogP contribution in [0.5, 0.6) is 0 Å². The molecule has 12 heavy (non-hydrogen) atoms. The summed E-state index contributed by atoms with van der Waals surface area (Å²) in [5.41, 5.74) is 0.583. The molecular weight excluding hydrogens is 155 g/mol. The highest BCUT2D eigenvalue weighted by Gasteiger charge is 2.20. The second-order valence-corrected chi connectivity index (χ2v) is 2.64. The van der Waals surface area contributed by atoms with E-state index in [1.165, 1.54) is 0 Å². The Bertz CT molecular complexity index is 208. The highest BCUT2D eigenvalue weighted by atomic mass is 16.5. The van der Waals surface area contributed by atoms with Crippen LogP contribution in [0.25, 0.3) is 0 Å². The van der Waals surface area contributed by atoms with Crippen LogP contribution in [0.3, 0.4) is 0 Å². The molecule has 0 aromatic heterocycles. The molecule has 1 aliphatic carbocycles. The minimum atomic E-state index is -1.38. The quantitative estimate of drug-likeness (QED) is 0.608. The van der Waals surface area contributed by atoms with Crippen molar-refractivity contribution in [3.8, 4) is 0 Å². The Labute approximate surface area is 72.5 Å². The molecule has 0 spiro atoms. The summed E-state index contributed by atoms with van der Waals surface area (Å²) in [6.07, 6.45) is 5.28. The zero-order chi connectivity index (χ0) is 8.97. The molecular formula is C8H13BO3. The number of allylic oxidation sites excluding steroid dienone is 3. The Kier molecular flexibility index (Phi) is 3.38. The number of hydrogen-bond acceptors (Lipinski definition) is 3. The van der Waals surface area contributed by atoms with E-state index in [1.54, 1.807) is 6.08 Å². The molecule has 0 bridgehead atoms. The average Bonchev–Trinajstić information content (AvgIpc) is 2.05. The van der Waals surface area contributed by atoms with Crippen LogP contribution in [0.15, 0.2) is 23.4 Å². The molecule has 0 radical (unpaired) electrons. The van der Waals surface area contributed by atoms with Gasteiger partial charge in [0.05, 0.1) is 6.61 Å². The molecule has 0 aliphatic heterocycles. The molecule has 1 aliphatic rings. The largest absolute Gasteiger partial charge is 0.495 e. The van der Waals surface area contributed by atoms with Gasteiger partial charge in [-0.3, -0.25) is 0 Å². The van der Waals surface area contributed by atoms with Gasteiger partial charge in [0.2, 0.25) is 0 Å². The Balaban J connectivity index is 2.76. The molecule has 0 aromatic carbocycles. The number of rotatable bonds is 3. The van der Waals surface area contributed by atoms with Gasteiger partial charge in [0.15, 0.2) is 0 Å². The molecule has 2 N–H and O–H groups in total. The summed E-state index contributed by atoms with van der Waals surface area (Å²) in [6, 6.07) is 0. The monoisotopic (exact) mass is 168 g/mol. The fourth-order valence-corrected chi connectivity index (χ4v) is 1.21. The fraction of sp³-hybridized carbons (Fsp3) is 0.500. The van der Waals surface area contributed by atoms with Crippen LogP contribution in [-0.4, -0.2) is 23.8 Å². The van der Waals surface area contributed by atoms with Crippen molar-refractivity contribution < 1.29 is 14.8 Å². The van der Waals surface area contributed by atoms with Crippen LogP contribution in [-0.2, 0) is 4.74 Å². The summed E-state index contributed by atoms with van der Waals surface area (Å²) in [6.45, 7) is 2.42. The maximum Gasteiger partial charge on any atom is 0.487 e.